The lowest BCUT2D eigenvalue weighted by molar-refractivity contribution is 0.885. The highest BCUT2D eigenvalue weighted by Crippen LogP contribution is 2.27. The molecule has 0 saturated carbocycles. The number of nitrogens with one attached hydrogen (secondary N) is 1. The summed E-state index contributed by atoms with van der Waals surface area (Å²) in [4.78, 5) is 0.292. The van der Waals surface area contributed by atoms with Crippen LogP contribution in [-0.2, 0) is 0 Å². The number of thiocarbonyl (C=S) groups is 1. The molecule has 0 bridgehead atoms. The molecular formula is C15H14Cl2N2S. The predicted molar refractivity (Wildman–Crippen MR) is 90.8 cm³/mol. The average Bonchev–Trinajstić information content (AvgIpc) is 2.38. The molecule has 0 amide bonds. The second kappa shape index (κ2) is 6.44. The van der Waals surface area contributed by atoms with Crippen LogP contribution >= 0.6 is 35.4 Å². The van der Waals surface area contributed by atoms with Crippen LogP contribution in [0.15, 0.2) is 42.5 Å². The molecule has 0 aliphatic heterocycles. The van der Waals surface area contributed by atoms with Crippen molar-refractivity contribution in [1.82, 2.24) is 0 Å². The predicted octanol–water partition coefficient (Wildman–Crippen LogP) is 4.80. The summed E-state index contributed by atoms with van der Waals surface area (Å²) in [5.74, 6) is 0. The highest BCUT2D eigenvalue weighted by atomic mass is 35.5. The highest BCUT2D eigenvalue weighted by Gasteiger charge is 2.10. The van der Waals surface area contributed by atoms with E-state index in [1.807, 2.05) is 49.4 Å². The second-order valence-electron chi connectivity index (χ2n) is 4.45. The largest absolute Gasteiger partial charge is 0.389 e. The van der Waals surface area contributed by atoms with Crippen molar-refractivity contribution >= 4 is 46.1 Å². The fourth-order valence-corrected chi connectivity index (χ4v) is 2.77. The standard InChI is InChI=1S/C15H14Cl2N2S/c1-9(11-4-2-3-5-13(11)16)19-10-6-7-12(15(18)20)14(17)8-10/h2-9,19H,1H3,(H2,18,20). The van der Waals surface area contributed by atoms with E-state index in [9.17, 15) is 0 Å². The first kappa shape index (κ1) is 15.1. The molecule has 0 spiro atoms. The summed E-state index contributed by atoms with van der Waals surface area (Å²) in [7, 11) is 0. The van der Waals surface area contributed by atoms with E-state index in [0.29, 0.717) is 15.6 Å². The molecule has 1 unspecified atom stereocenters. The fourth-order valence-electron chi connectivity index (χ4n) is 1.96. The van der Waals surface area contributed by atoms with Gasteiger partial charge in [-0.2, -0.15) is 0 Å². The van der Waals surface area contributed by atoms with Gasteiger partial charge in [0.2, 0.25) is 0 Å². The Labute approximate surface area is 133 Å². The van der Waals surface area contributed by atoms with Crippen LogP contribution in [0.4, 0.5) is 5.69 Å². The van der Waals surface area contributed by atoms with Gasteiger partial charge in [0.25, 0.3) is 0 Å². The van der Waals surface area contributed by atoms with Crippen LogP contribution in [0.5, 0.6) is 0 Å². The molecule has 2 aromatic carbocycles. The summed E-state index contributed by atoms with van der Waals surface area (Å²) in [6.45, 7) is 2.04. The van der Waals surface area contributed by atoms with Crippen LogP contribution in [0.2, 0.25) is 10.0 Å². The summed E-state index contributed by atoms with van der Waals surface area (Å²) in [5, 5.41) is 4.62. The Kier molecular flexibility index (Phi) is 4.86. The SMILES string of the molecule is CC(Nc1ccc(C(N)=S)c(Cl)c1)c1ccccc1Cl. The maximum absolute atomic E-state index is 6.18. The van der Waals surface area contributed by atoms with Gasteiger partial charge in [0.15, 0.2) is 0 Å². The molecule has 0 heterocycles. The van der Waals surface area contributed by atoms with Crippen LogP contribution in [0.25, 0.3) is 0 Å². The maximum Gasteiger partial charge on any atom is 0.105 e. The average molecular weight is 325 g/mol. The first-order valence-electron chi connectivity index (χ1n) is 6.09. The first-order chi connectivity index (χ1) is 9.49. The minimum atomic E-state index is 0.0652. The lowest BCUT2D eigenvalue weighted by atomic mass is 10.1. The number of nitrogens with two attached hydrogens (primary N) is 1. The molecule has 1 atom stereocenters. The van der Waals surface area contributed by atoms with E-state index >= 15 is 0 Å². The number of anilines is 1. The molecule has 0 aromatic heterocycles. The van der Waals surface area contributed by atoms with Gasteiger partial charge >= 0.3 is 0 Å². The van der Waals surface area contributed by atoms with Crippen LogP contribution in [0.3, 0.4) is 0 Å². The number of benzene rings is 2. The summed E-state index contributed by atoms with van der Waals surface area (Å²) in [5.41, 5.74) is 8.19. The van der Waals surface area contributed by atoms with Crippen LogP contribution < -0.4 is 11.1 Å². The highest BCUT2D eigenvalue weighted by molar-refractivity contribution is 7.80. The van der Waals surface area contributed by atoms with Gasteiger partial charge in [0.05, 0.1) is 5.02 Å². The molecule has 104 valence electrons. The van der Waals surface area contributed by atoms with Crippen molar-refractivity contribution in [2.45, 2.75) is 13.0 Å². The van der Waals surface area contributed by atoms with E-state index in [1.54, 1.807) is 0 Å². The third-order valence-corrected chi connectivity index (χ3v) is 3.87. The number of rotatable bonds is 4. The summed E-state index contributed by atoms with van der Waals surface area (Å²) < 4.78 is 0. The zero-order chi connectivity index (χ0) is 14.7. The summed E-state index contributed by atoms with van der Waals surface area (Å²) in [6, 6.07) is 13.3. The van der Waals surface area contributed by atoms with Gasteiger partial charge in [-0.15, -0.1) is 0 Å². The number of hydrogen-bond acceptors (Lipinski definition) is 2. The van der Waals surface area contributed by atoms with Crippen molar-refractivity contribution < 1.29 is 0 Å². The van der Waals surface area contributed by atoms with Crippen molar-refractivity contribution in [2.24, 2.45) is 5.73 Å². The van der Waals surface area contributed by atoms with Gasteiger partial charge in [0, 0.05) is 22.3 Å². The van der Waals surface area contributed by atoms with Gasteiger partial charge in [0.1, 0.15) is 4.99 Å². The molecule has 2 nitrogen and oxygen atoms in total. The van der Waals surface area contributed by atoms with Crippen LogP contribution in [0.1, 0.15) is 24.1 Å². The molecule has 5 heteroatoms. The smallest absolute Gasteiger partial charge is 0.105 e. The molecule has 0 radical (unpaired) electrons. The normalized spacial score (nSPS) is 11.9. The van der Waals surface area contributed by atoms with Crippen molar-refractivity contribution in [1.29, 1.82) is 0 Å². The maximum atomic E-state index is 6.18. The van der Waals surface area contributed by atoms with Gasteiger partial charge in [-0.1, -0.05) is 53.6 Å². The molecule has 2 rings (SSSR count). The quantitative estimate of drug-likeness (QED) is 0.793. The van der Waals surface area contributed by atoms with Crippen LogP contribution in [0, 0.1) is 0 Å². The van der Waals surface area contributed by atoms with Crippen molar-refractivity contribution in [2.75, 3.05) is 5.32 Å². The summed E-state index contributed by atoms with van der Waals surface area (Å²) >= 11 is 17.3. The molecule has 0 saturated heterocycles. The number of hydrogen-bond donors (Lipinski definition) is 2. The lowest BCUT2D eigenvalue weighted by Gasteiger charge is -2.17. The van der Waals surface area contributed by atoms with Crippen molar-refractivity contribution in [3.05, 3.63) is 63.6 Å². The van der Waals surface area contributed by atoms with E-state index in [2.05, 4.69) is 5.32 Å². The van der Waals surface area contributed by atoms with Gasteiger partial charge in [-0.25, -0.2) is 0 Å². The van der Waals surface area contributed by atoms with E-state index in [-0.39, 0.29) is 6.04 Å². The van der Waals surface area contributed by atoms with Crippen LogP contribution in [-0.4, -0.2) is 4.99 Å². The monoisotopic (exact) mass is 324 g/mol. The molecule has 3 N–H and O–H groups in total. The lowest BCUT2D eigenvalue weighted by Crippen LogP contribution is -2.11. The Morgan fingerprint density at radius 2 is 1.85 bits per heavy atom. The minimum Gasteiger partial charge on any atom is -0.389 e. The molecule has 0 fully saturated rings. The van der Waals surface area contributed by atoms with E-state index in [1.165, 1.54) is 0 Å². The summed E-state index contributed by atoms with van der Waals surface area (Å²) in [6.07, 6.45) is 0. The Morgan fingerprint density at radius 1 is 1.15 bits per heavy atom. The van der Waals surface area contributed by atoms with Crippen molar-refractivity contribution in [3.8, 4) is 0 Å². The minimum absolute atomic E-state index is 0.0652. The Bertz CT molecular complexity index is 644. The Balaban J connectivity index is 2.20. The van der Waals surface area contributed by atoms with Gasteiger partial charge in [-0.3, -0.25) is 0 Å². The number of halogens is 2. The molecule has 2 aromatic rings. The van der Waals surface area contributed by atoms with Crippen molar-refractivity contribution in [3.63, 3.8) is 0 Å². The zero-order valence-electron chi connectivity index (χ0n) is 10.9. The topological polar surface area (TPSA) is 38.0 Å². The molecule has 0 aliphatic rings. The van der Waals surface area contributed by atoms with E-state index in [4.69, 9.17) is 41.2 Å². The molecule has 0 aliphatic carbocycles. The van der Waals surface area contributed by atoms with Gasteiger partial charge < -0.3 is 11.1 Å². The third-order valence-electron chi connectivity index (χ3n) is 2.99. The van der Waals surface area contributed by atoms with E-state index in [0.717, 1.165) is 16.3 Å². The van der Waals surface area contributed by atoms with Gasteiger partial charge in [-0.05, 0) is 36.8 Å². The van der Waals surface area contributed by atoms with E-state index < -0.39 is 0 Å². The zero-order valence-corrected chi connectivity index (χ0v) is 13.2. The third kappa shape index (κ3) is 3.42. The first-order valence-corrected chi connectivity index (χ1v) is 7.26. The Hall–Kier alpha value is -1.29. The molecular weight excluding hydrogens is 311 g/mol. The second-order valence-corrected chi connectivity index (χ2v) is 5.70. The molecule has 20 heavy (non-hydrogen) atoms. The Morgan fingerprint density at radius 3 is 2.45 bits per heavy atom. The fraction of sp³-hybridized carbons (Fsp3) is 0.133.